The molecule has 0 fully saturated rings. The summed E-state index contributed by atoms with van der Waals surface area (Å²) in [6.45, 7) is 6.42. The third-order valence-electron chi connectivity index (χ3n) is 7.58. The molecule has 0 heterocycles. The van der Waals surface area contributed by atoms with Crippen LogP contribution in [0, 0.1) is 5.92 Å². The lowest BCUT2D eigenvalue weighted by Crippen LogP contribution is -2.28. The Bertz CT molecular complexity index is 534. The van der Waals surface area contributed by atoms with Crippen LogP contribution in [0.2, 0.25) is 0 Å². The second kappa shape index (κ2) is 29.9. The molecule has 0 rings (SSSR count). The monoisotopic (exact) mass is 554 g/mol. The van der Waals surface area contributed by atoms with E-state index in [4.69, 9.17) is 9.47 Å². The van der Waals surface area contributed by atoms with Gasteiger partial charge in [0.2, 0.25) is 0 Å². The molecule has 1 atom stereocenters. The van der Waals surface area contributed by atoms with Crippen molar-refractivity contribution in [2.75, 3.05) is 13.2 Å². The average molecular weight is 555 g/mol. The lowest BCUT2D eigenvalue weighted by molar-refractivity contribution is -0.161. The molecule has 0 aliphatic heterocycles. The molecule has 39 heavy (non-hydrogen) atoms. The highest BCUT2D eigenvalue weighted by molar-refractivity contribution is 5.70. The number of unbranched alkanes of at least 4 members (excludes halogenated alkanes) is 20. The summed E-state index contributed by atoms with van der Waals surface area (Å²) < 4.78 is 10.5. The number of rotatable bonds is 30. The first-order valence-corrected chi connectivity index (χ1v) is 17.0. The Morgan fingerprint density at radius 1 is 0.564 bits per heavy atom. The van der Waals surface area contributed by atoms with E-state index < -0.39 is 6.10 Å². The standard InChI is InChI=1S/C34H66O5/c1-4-5-6-7-8-9-10-11-12-13-14-15-18-21-24-27-33(36)38-30-32(29-35)39-34(37)28-25-22-19-16-17-20-23-26-31(2)3/h31-32,35H,4-30H2,1-3H3/t32-/m0/s1. The van der Waals surface area contributed by atoms with Gasteiger partial charge in [-0.1, -0.05) is 156 Å². The van der Waals surface area contributed by atoms with Crippen molar-refractivity contribution < 1.29 is 24.2 Å². The van der Waals surface area contributed by atoms with E-state index in [2.05, 4.69) is 20.8 Å². The highest BCUT2D eigenvalue weighted by Crippen LogP contribution is 2.15. The number of carbonyl (C=O) groups is 2. The van der Waals surface area contributed by atoms with E-state index in [0.717, 1.165) is 38.0 Å². The van der Waals surface area contributed by atoms with Crippen LogP contribution in [-0.4, -0.2) is 36.4 Å². The summed E-state index contributed by atoms with van der Waals surface area (Å²) in [5.74, 6) is 0.207. The van der Waals surface area contributed by atoms with E-state index in [1.165, 1.54) is 116 Å². The molecule has 0 spiro atoms. The summed E-state index contributed by atoms with van der Waals surface area (Å²) >= 11 is 0. The van der Waals surface area contributed by atoms with Gasteiger partial charge in [-0.3, -0.25) is 9.59 Å². The predicted molar refractivity (Wildman–Crippen MR) is 164 cm³/mol. The van der Waals surface area contributed by atoms with Gasteiger partial charge in [0.1, 0.15) is 6.61 Å². The number of aliphatic hydroxyl groups is 1. The highest BCUT2D eigenvalue weighted by Gasteiger charge is 2.16. The fourth-order valence-electron chi connectivity index (χ4n) is 4.97. The van der Waals surface area contributed by atoms with Crippen LogP contribution in [-0.2, 0) is 19.1 Å². The summed E-state index contributed by atoms with van der Waals surface area (Å²) in [6, 6.07) is 0. The normalized spacial score (nSPS) is 12.1. The smallest absolute Gasteiger partial charge is 0.306 e. The Morgan fingerprint density at radius 3 is 1.36 bits per heavy atom. The van der Waals surface area contributed by atoms with Gasteiger partial charge in [-0.15, -0.1) is 0 Å². The van der Waals surface area contributed by atoms with Crippen LogP contribution >= 0.6 is 0 Å². The van der Waals surface area contributed by atoms with Crippen LogP contribution in [0.4, 0.5) is 0 Å². The molecule has 0 aliphatic rings. The lowest BCUT2D eigenvalue weighted by Gasteiger charge is -2.15. The fraction of sp³-hybridized carbons (Fsp3) is 0.941. The van der Waals surface area contributed by atoms with Crippen molar-refractivity contribution in [2.24, 2.45) is 5.92 Å². The van der Waals surface area contributed by atoms with E-state index in [9.17, 15) is 14.7 Å². The molecule has 0 saturated carbocycles. The van der Waals surface area contributed by atoms with Crippen molar-refractivity contribution in [3.63, 3.8) is 0 Å². The number of aliphatic hydroxyl groups excluding tert-OH is 1. The molecule has 0 aromatic carbocycles. The van der Waals surface area contributed by atoms with Gasteiger partial charge >= 0.3 is 11.9 Å². The zero-order chi connectivity index (χ0) is 28.8. The maximum atomic E-state index is 12.0. The number of ether oxygens (including phenoxy) is 2. The molecule has 0 amide bonds. The molecule has 0 bridgehead atoms. The van der Waals surface area contributed by atoms with Crippen molar-refractivity contribution in [3.8, 4) is 0 Å². The van der Waals surface area contributed by atoms with Crippen molar-refractivity contribution in [2.45, 2.75) is 187 Å². The number of carbonyl (C=O) groups excluding carboxylic acids is 2. The van der Waals surface area contributed by atoms with Gasteiger partial charge in [-0.25, -0.2) is 0 Å². The molecule has 5 heteroatoms. The van der Waals surface area contributed by atoms with E-state index in [1.807, 2.05) is 0 Å². The molecule has 1 N–H and O–H groups in total. The Hall–Kier alpha value is -1.10. The second-order valence-corrected chi connectivity index (χ2v) is 12.1. The van der Waals surface area contributed by atoms with Crippen molar-refractivity contribution in [3.05, 3.63) is 0 Å². The van der Waals surface area contributed by atoms with Gasteiger partial charge in [0, 0.05) is 12.8 Å². The molecule has 0 unspecified atom stereocenters. The Labute approximate surface area is 242 Å². The van der Waals surface area contributed by atoms with Crippen molar-refractivity contribution in [1.82, 2.24) is 0 Å². The molecule has 5 nitrogen and oxygen atoms in total. The van der Waals surface area contributed by atoms with Crippen LogP contribution in [0.1, 0.15) is 181 Å². The van der Waals surface area contributed by atoms with Crippen molar-refractivity contribution in [1.29, 1.82) is 0 Å². The first-order chi connectivity index (χ1) is 19.0. The minimum Gasteiger partial charge on any atom is -0.462 e. The molecular formula is C34H66O5. The van der Waals surface area contributed by atoms with Gasteiger partial charge in [-0.05, 0) is 18.8 Å². The van der Waals surface area contributed by atoms with E-state index in [0.29, 0.717) is 12.8 Å². The highest BCUT2D eigenvalue weighted by atomic mass is 16.6. The zero-order valence-corrected chi connectivity index (χ0v) is 26.3. The fourth-order valence-corrected chi connectivity index (χ4v) is 4.97. The third kappa shape index (κ3) is 29.7. The Balaban J connectivity index is 3.53. The van der Waals surface area contributed by atoms with Gasteiger partial charge in [0.25, 0.3) is 0 Å². The maximum Gasteiger partial charge on any atom is 0.306 e. The van der Waals surface area contributed by atoms with Crippen molar-refractivity contribution >= 4 is 11.9 Å². The summed E-state index contributed by atoms with van der Waals surface area (Å²) in [4.78, 5) is 24.1. The Kier molecular flexibility index (Phi) is 29.0. The molecule has 0 aromatic heterocycles. The molecular weight excluding hydrogens is 488 g/mol. The Morgan fingerprint density at radius 2 is 0.949 bits per heavy atom. The second-order valence-electron chi connectivity index (χ2n) is 12.1. The van der Waals surface area contributed by atoms with E-state index >= 15 is 0 Å². The molecule has 0 aliphatic carbocycles. The van der Waals surface area contributed by atoms with Crippen LogP contribution in [0.25, 0.3) is 0 Å². The number of esters is 2. The SMILES string of the molecule is CCCCCCCCCCCCCCCCCC(=O)OC[C@H](CO)OC(=O)CCCCCCCCCC(C)C. The molecule has 0 saturated heterocycles. The number of hydrogen-bond acceptors (Lipinski definition) is 5. The first-order valence-electron chi connectivity index (χ1n) is 17.0. The van der Waals surface area contributed by atoms with Crippen LogP contribution in [0.15, 0.2) is 0 Å². The van der Waals surface area contributed by atoms with E-state index in [1.54, 1.807) is 0 Å². The van der Waals surface area contributed by atoms with Gasteiger partial charge in [0.05, 0.1) is 6.61 Å². The zero-order valence-electron chi connectivity index (χ0n) is 26.3. The van der Waals surface area contributed by atoms with Crippen LogP contribution in [0.3, 0.4) is 0 Å². The summed E-state index contributed by atoms with van der Waals surface area (Å²) in [5, 5.41) is 9.48. The molecule has 0 aromatic rings. The van der Waals surface area contributed by atoms with E-state index in [-0.39, 0.29) is 25.2 Å². The van der Waals surface area contributed by atoms with Crippen LogP contribution in [0.5, 0.6) is 0 Å². The average Bonchev–Trinajstić information content (AvgIpc) is 2.92. The largest absolute Gasteiger partial charge is 0.462 e. The molecule has 232 valence electrons. The molecule has 0 radical (unpaired) electrons. The third-order valence-corrected chi connectivity index (χ3v) is 7.58. The van der Waals surface area contributed by atoms with Gasteiger partial charge in [-0.2, -0.15) is 0 Å². The van der Waals surface area contributed by atoms with Gasteiger partial charge < -0.3 is 14.6 Å². The van der Waals surface area contributed by atoms with Gasteiger partial charge in [0.15, 0.2) is 6.10 Å². The minimum absolute atomic E-state index is 0.0593. The number of hydrogen-bond donors (Lipinski definition) is 1. The van der Waals surface area contributed by atoms with Crippen LogP contribution < -0.4 is 0 Å². The quantitative estimate of drug-likeness (QED) is 0.0706. The summed E-state index contributed by atoms with van der Waals surface area (Å²) in [7, 11) is 0. The minimum atomic E-state index is -0.761. The first kappa shape index (κ1) is 37.9. The summed E-state index contributed by atoms with van der Waals surface area (Å²) in [5.41, 5.74) is 0. The topological polar surface area (TPSA) is 72.8 Å². The summed E-state index contributed by atoms with van der Waals surface area (Å²) in [6.07, 6.45) is 28.8. The maximum absolute atomic E-state index is 12.0. The predicted octanol–water partition coefficient (Wildman–Crippen LogP) is 9.86. The lowest BCUT2D eigenvalue weighted by atomic mass is 10.0.